The number of hydrogen-bond acceptors (Lipinski definition) is 2. The molecule has 0 saturated carbocycles. The number of aliphatic hydroxyl groups excluding tert-OH is 1. The Kier molecular flexibility index (Phi) is 4.76. The highest BCUT2D eigenvalue weighted by atomic mass is 16.5. The Hall–Kier alpha value is -2.06. The zero-order valence-corrected chi connectivity index (χ0v) is 10.8. The summed E-state index contributed by atoms with van der Waals surface area (Å²) in [4.78, 5) is 0. The first-order valence-electron chi connectivity index (χ1n) is 6.41. The molecular formula is C17H18O2. The molecular weight excluding hydrogens is 236 g/mol. The van der Waals surface area contributed by atoms with Gasteiger partial charge in [0.25, 0.3) is 0 Å². The summed E-state index contributed by atoms with van der Waals surface area (Å²) in [5.74, 6) is 1.58. The first kappa shape index (κ1) is 13.4. The molecule has 1 unspecified atom stereocenters. The quantitative estimate of drug-likeness (QED) is 0.770. The van der Waals surface area contributed by atoms with Crippen LogP contribution in [0.25, 0.3) is 0 Å². The normalized spacial score (nSPS) is 11.8. The second-order valence-electron chi connectivity index (χ2n) is 4.37. The highest BCUT2D eigenvalue weighted by molar-refractivity contribution is 5.33. The zero-order chi connectivity index (χ0) is 13.5. The first-order chi connectivity index (χ1) is 9.29. The molecule has 98 valence electrons. The molecule has 0 aliphatic rings. The van der Waals surface area contributed by atoms with Crippen molar-refractivity contribution in [2.45, 2.75) is 18.9 Å². The molecule has 1 atom stereocenters. The lowest BCUT2D eigenvalue weighted by Gasteiger charge is -2.11. The van der Waals surface area contributed by atoms with E-state index < -0.39 is 6.10 Å². The molecule has 1 N–H and O–H groups in total. The van der Waals surface area contributed by atoms with Crippen LogP contribution in [0.4, 0.5) is 0 Å². The number of para-hydroxylation sites is 1. The molecule has 19 heavy (non-hydrogen) atoms. The van der Waals surface area contributed by atoms with Crippen molar-refractivity contribution in [3.8, 4) is 11.5 Å². The van der Waals surface area contributed by atoms with Crippen molar-refractivity contribution in [1.82, 2.24) is 0 Å². The second kappa shape index (κ2) is 6.76. The maximum atomic E-state index is 9.94. The molecule has 2 nitrogen and oxygen atoms in total. The monoisotopic (exact) mass is 254 g/mol. The van der Waals surface area contributed by atoms with Gasteiger partial charge in [-0.15, -0.1) is 6.58 Å². The Bertz CT molecular complexity index is 503. The van der Waals surface area contributed by atoms with Crippen LogP contribution in [0.3, 0.4) is 0 Å². The minimum atomic E-state index is -0.441. The number of allylic oxidation sites excluding steroid dienone is 1. The molecule has 0 bridgehead atoms. The third-order valence-corrected chi connectivity index (χ3v) is 2.89. The highest BCUT2D eigenvalue weighted by Crippen LogP contribution is 2.24. The average molecular weight is 254 g/mol. The summed E-state index contributed by atoms with van der Waals surface area (Å²) in [7, 11) is 0. The summed E-state index contributed by atoms with van der Waals surface area (Å²) in [6, 6.07) is 17.2. The van der Waals surface area contributed by atoms with Gasteiger partial charge in [0.1, 0.15) is 11.5 Å². The number of rotatable bonds is 6. The van der Waals surface area contributed by atoms with Gasteiger partial charge in [0.15, 0.2) is 0 Å². The Morgan fingerprint density at radius 3 is 2.26 bits per heavy atom. The van der Waals surface area contributed by atoms with Gasteiger partial charge in [0, 0.05) is 0 Å². The summed E-state index contributed by atoms with van der Waals surface area (Å²) < 4.78 is 5.70. The second-order valence-corrected chi connectivity index (χ2v) is 4.37. The maximum absolute atomic E-state index is 9.94. The Balaban J connectivity index is 2.00. The van der Waals surface area contributed by atoms with Crippen molar-refractivity contribution in [2.75, 3.05) is 0 Å². The van der Waals surface area contributed by atoms with Gasteiger partial charge in [-0.25, -0.2) is 0 Å². The van der Waals surface area contributed by atoms with Crippen molar-refractivity contribution >= 4 is 0 Å². The Labute approximate surface area is 114 Å². The van der Waals surface area contributed by atoms with Crippen molar-refractivity contribution in [3.63, 3.8) is 0 Å². The van der Waals surface area contributed by atoms with E-state index in [1.165, 1.54) is 0 Å². The molecule has 0 heterocycles. The largest absolute Gasteiger partial charge is 0.457 e. The van der Waals surface area contributed by atoms with Gasteiger partial charge in [-0.05, 0) is 42.7 Å². The lowest BCUT2D eigenvalue weighted by Crippen LogP contribution is -1.96. The van der Waals surface area contributed by atoms with Crippen LogP contribution in [0.15, 0.2) is 67.3 Å². The van der Waals surface area contributed by atoms with Gasteiger partial charge in [-0.2, -0.15) is 0 Å². The fourth-order valence-corrected chi connectivity index (χ4v) is 1.83. The lowest BCUT2D eigenvalue weighted by molar-refractivity contribution is 0.168. The Morgan fingerprint density at radius 1 is 1.00 bits per heavy atom. The summed E-state index contributed by atoms with van der Waals surface area (Å²) >= 11 is 0. The molecule has 0 aromatic heterocycles. The van der Waals surface area contributed by atoms with Crippen molar-refractivity contribution in [3.05, 3.63) is 72.8 Å². The standard InChI is InChI=1S/C17H18O2/c1-2-3-9-17(18)14-10-12-16(13-11-14)19-15-7-5-4-6-8-15/h2,4-8,10-13,17-18H,1,3,9H2. The van der Waals surface area contributed by atoms with Gasteiger partial charge < -0.3 is 9.84 Å². The van der Waals surface area contributed by atoms with E-state index in [1.807, 2.05) is 60.7 Å². The van der Waals surface area contributed by atoms with E-state index in [2.05, 4.69) is 6.58 Å². The van der Waals surface area contributed by atoms with Crippen LogP contribution in [-0.4, -0.2) is 5.11 Å². The summed E-state index contributed by atoms with van der Waals surface area (Å²) in [6.45, 7) is 3.66. The SMILES string of the molecule is C=CCCC(O)c1ccc(Oc2ccccc2)cc1. The lowest BCUT2D eigenvalue weighted by atomic mass is 10.1. The number of ether oxygens (including phenoxy) is 1. The van der Waals surface area contributed by atoms with Gasteiger partial charge in [-0.3, -0.25) is 0 Å². The van der Waals surface area contributed by atoms with Gasteiger partial charge in [-0.1, -0.05) is 36.4 Å². The van der Waals surface area contributed by atoms with Crippen LogP contribution in [0.5, 0.6) is 11.5 Å². The van der Waals surface area contributed by atoms with Crippen LogP contribution in [0.1, 0.15) is 24.5 Å². The molecule has 2 aromatic carbocycles. The highest BCUT2D eigenvalue weighted by Gasteiger charge is 2.06. The van der Waals surface area contributed by atoms with Gasteiger partial charge in [0.05, 0.1) is 6.10 Å². The predicted octanol–water partition coefficient (Wildman–Crippen LogP) is 4.48. The molecule has 2 heteroatoms. The predicted molar refractivity (Wildman–Crippen MR) is 77.3 cm³/mol. The molecule has 0 aliphatic heterocycles. The van der Waals surface area contributed by atoms with E-state index in [4.69, 9.17) is 4.74 Å². The van der Waals surface area contributed by atoms with E-state index in [1.54, 1.807) is 0 Å². The fourth-order valence-electron chi connectivity index (χ4n) is 1.83. The van der Waals surface area contributed by atoms with E-state index in [0.717, 1.165) is 23.5 Å². The third-order valence-electron chi connectivity index (χ3n) is 2.89. The van der Waals surface area contributed by atoms with Crippen molar-refractivity contribution in [1.29, 1.82) is 0 Å². The van der Waals surface area contributed by atoms with E-state index >= 15 is 0 Å². The van der Waals surface area contributed by atoms with E-state index in [-0.39, 0.29) is 0 Å². The van der Waals surface area contributed by atoms with Crippen molar-refractivity contribution in [2.24, 2.45) is 0 Å². The molecule has 0 fully saturated rings. The van der Waals surface area contributed by atoms with Crippen LogP contribution in [0, 0.1) is 0 Å². The first-order valence-corrected chi connectivity index (χ1v) is 6.41. The summed E-state index contributed by atoms with van der Waals surface area (Å²) in [5, 5.41) is 9.94. The minimum absolute atomic E-state index is 0.441. The van der Waals surface area contributed by atoms with Crippen LogP contribution < -0.4 is 4.74 Å². The zero-order valence-electron chi connectivity index (χ0n) is 10.8. The molecule has 0 radical (unpaired) electrons. The van der Waals surface area contributed by atoms with Gasteiger partial charge in [0.2, 0.25) is 0 Å². The minimum Gasteiger partial charge on any atom is -0.457 e. The molecule has 0 saturated heterocycles. The average Bonchev–Trinajstić information content (AvgIpc) is 2.46. The summed E-state index contributed by atoms with van der Waals surface area (Å²) in [6.07, 6.45) is 2.88. The number of benzene rings is 2. The smallest absolute Gasteiger partial charge is 0.127 e. The number of hydrogen-bond donors (Lipinski definition) is 1. The molecule has 2 rings (SSSR count). The van der Waals surface area contributed by atoms with E-state index in [0.29, 0.717) is 6.42 Å². The third kappa shape index (κ3) is 3.97. The van der Waals surface area contributed by atoms with Crippen LogP contribution in [0.2, 0.25) is 0 Å². The van der Waals surface area contributed by atoms with Crippen molar-refractivity contribution < 1.29 is 9.84 Å². The Morgan fingerprint density at radius 2 is 1.63 bits per heavy atom. The van der Waals surface area contributed by atoms with Crippen LogP contribution >= 0.6 is 0 Å². The van der Waals surface area contributed by atoms with E-state index in [9.17, 15) is 5.11 Å². The topological polar surface area (TPSA) is 29.5 Å². The maximum Gasteiger partial charge on any atom is 0.127 e. The molecule has 0 amide bonds. The molecule has 0 aliphatic carbocycles. The molecule has 2 aromatic rings. The fraction of sp³-hybridized carbons (Fsp3) is 0.176. The summed E-state index contributed by atoms with van der Waals surface area (Å²) in [5.41, 5.74) is 0.905. The van der Waals surface area contributed by atoms with Gasteiger partial charge >= 0.3 is 0 Å². The number of aliphatic hydroxyl groups is 1. The van der Waals surface area contributed by atoms with Crippen LogP contribution in [-0.2, 0) is 0 Å². The molecule has 0 spiro atoms.